The summed E-state index contributed by atoms with van der Waals surface area (Å²) < 4.78 is 0. The average molecular weight is 332 g/mol. The molecule has 1 amide bonds. The molecule has 3 aromatic rings. The summed E-state index contributed by atoms with van der Waals surface area (Å²) in [7, 11) is 0. The first kappa shape index (κ1) is 14.8. The molecule has 2 N–H and O–H groups in total. The van der Waals surface area contributed by atoms with E-state index in [-0.39, 0.29) is 18.4 Å². The molecular weight excluding hydrogens is 318 g/mol. The van der Waals surface area contributed by atoms with Crippen LogP contribution in [0.1, 0.15) is 22.2 Å². The molecule has 0 saturated heterocycles. The standard InChI is InChI=1S/C16H14ClN3OS/c17-12-5-3-11(4-6-12)16(14-2-1-9-22-14)19-15(21)10-13-7-8-18-20-13/h1-9,16H,10H2,(H,18,20)(H,19,21). The topological polar surface area (TPSA) is 57.8 Å². The maximum Gasteiger partial charge on any atom is 0.226 e. The Morgan fingerprint density at radius 2 is 2.09 bits per heavy atom. The van der Waals surface area contributed by atoms with Gasteiger partial charge in [-0.1, -0.05) is 29.8 Å². The number of halogens is 1. The van der Waals surface area contributed by atoms with Crippen LogP contribution in [0, 0.1) is 0 Å². The third-order valence-corrected chi connectivity index (χ3v) is 4.43. The second kappa shape index (κ2) is 6.77. The summed E-state index contributed by atoms with van der Waals surface area (Å²) in [6.45, 7) is 0. The van der Waals surface area contributed by atoms with Crippen molar-refractivity contribution in [1.82, 2.24) is 15.5 Å². The zero-order valence-electron chi connectivity index (χ0n) is 11.6. The highest BCUT2D eigenvalue weighted by atomic mass is 35.5. The molecule has 0 aliphatic carbocycles. The number of amides is 1. The quantitative estimate of drug-likeness (QED) is 0.751. The van der Waals surface area contributed by atoms with Gasteiger partial charge in [0.25, 0.3) is 0 Å². The number of rotatable bonds is 5. The molecule has 0 aliphatic heterocycles. The van der Waals surface area contributed by atoms with Crippen LogP contribution in [0.3, 0.4) is 0 Å². The molecule has 0 spiro atoms. The number of nitrogens with one attached hydrogen (secondary N) is 2. The van der Waals surface area contributed by atoms with Crippen LogP contribution in [0.5, 0.6) is 0 Å². The first-order valence-corrected chi connectivity index (χ1v) is 8.04. The number of carbonyl (C=O) groups excluding carboxylic acids is 1. The zero-order chi connectivity index (χ0) is 15.4. The summed E-state index contributed by atoms with van der Waals surface area (Å²) in [5, 5.41) is 12.4. The van der Waals surface area contributed by atoms with Crippen LogP contribution in [-0.2, 0) is 11.2 Å². The molecule has 1 aromatic carbocycles. The second-order valence-corrected chi connectivity index (χ2v) is 6.24. The highest BCUT2D eigenvalue weighted by Crippen LogP contribution is 2.27. The highest BCUT2D eigenvalue weighted by Gasteiger charge is 2.18. The van der Waals surface area contributed by atoms with Crippen LogP contribution in [-0.4, -0.2) is 16.1 Å². The number of hydrogen-bond acceptors (Lipinski definition) is 3. The van der Waals surface area contributed by atoms with Gasteiger partial charge in [-0.25, -0.2) is 0 Å². The van der Waals surface area contributed by atoms with Crippen LogP contribution >= 0.6 is 22.9 Å². The lowest BCUT2D eigenvalue weighted by molar-refractivity contribution is -0.121. The van der Waals surface area contributed by atoms with Gasteiger partial charge in [0.05, 0.1) is 12.5 Å². The summed E-state index contributed by atoms with van der Waals surface area (Å²) in [6, 6.07) is 13.1. The minimum absolute atomic E-state index is 0.0578. The number of benzene rings is 1. The highest BCUT2D eigenvalue weighted by molar-refractivity contribution is 7.10. The molecular formula is C16H14ClN3OS. The van der Waals surface area contributed by atoms with Gasteiger partial charge in [0, 0.05) is 21.8 Å². The molecule has 112 valence electrons. The molecule has 6 heteroatoms. The van der Waals surface area contributed by atoms with Crippen molar-refractivity contribution in [2.24, 2.45) is 0 Å². The minimum atomic E-state index is -0.173. The number of nitrogens with zero attached hydrogens (tertiary/aromatic N) is 1. The van der Waals surface area contributed by atoms with Gasteiger partial charge in [0.2, 0.25) is 5.91 Å². The lowest BCUT2D eigenvalue weighted by Gasteiger charge is -2.18. The lowest BCUT2D eigenvalue weighted by atomic mass is 10.1. The van der Waals surface area contributed by atoms with Crippen LogP contribution in [0.2, 0.25) is 5.02 Å². The number of hydrogen-bond donors (Lipinski definition) is 2. The van der Waals surface area contributed by atoms with Gasteiger partial charge < -0.3 is 5.32 Å². The third-order valence-electron chi connectivity index (χ3n) is 3.25. The zero-order valence-corrected chi connectivity index (χ0v) is 13.2. The fraction of sp³-hybridized carbons (Fsp3) is 0.125. The van der Waals surface area contributed by atoms with E-state index >= 15 is 0 Å². The van der Waals surface area contributed by atoms with Crippen molar-refractivity contribution in [3.63, 3.8) is 0 Å². The van der Waals surface area contributed by atoms with Gasteiger partial charge in [0.1, 0.15) is 0 Å². The minimum Gasteiger partial charge on any atom is -0.344 e. The fourth-order valence-corrected chi connectivity index (χ4v) is 3.13. The summed E-state index contributed by atoms with van der Waals surface area (Å²) in [5.74, 6) is -0.0578. The van der Waals surface area contributed by atoms with E-state index in [0.29, 0.717) is 5.02 Å². The van der Waals surface area contributed by atoms with E-state index in [1.807, 2.05) is 41.8 Å². The Hall–Kier alpha value is -2.11. The smallest absolute Gasteiger partial charge is 0.226 e. The van der Waals surface area contributed by atoms with Crippen molar-refractivity contribution < 1.29 is 4.79 Å². The van der Waals surface area contributed by atoms with E-state index in [9.17, 15) is 4.79 Å². The average Bonchev–Trinajstić information content (AvgIpc) is 3.19. The van der Waals surface area contributed by atoms with E-state index in [1.165, 1.54) is 0 Å². The Kier molecular flexibility index (Phi) is 4.56. The van der Waals surface area contributed by atoms with E-state index in [4.69, 9.17) is 11.6 Å². The van der Waals surface area contributed by atoms with Crippen molar-refractivity contribution in [2.45, 2.75) is 12.5 Å². The first-order valence-electron chi connectivity index (χ1n) is 6.79. The van der Waals surface area contributed by atoms with Crippen molar-refractivity contribution in [2.75, 3.05) is 0 Å². The van der Waals surface area contributed by atoms with Crippen molar-refractivity contribution in [1.29, 1.82) is 0 Å². The van der Waals surface area contributed by atoms with Crippen LogP contribution in [0.4, 0.5) is 0 Å². The van der Waals surface area contributed by atoms with Gasteiger partial charge in [0.15, 0.2) is 0 Å². The number of aromatic amines is 1. The number of aromatic nitrogens is 2. The number of thiophene rings is 1. The second-order valence-electron chi connectivity index (χ2n) is 4.83. The van der Waals surface area contributed by atoms with Crippen LogP contribution in [0.25, 0.3) is 0 Å². The van der Waals surface area contributed by atoms with Gasteiger partial charge in [-0.05, 0) is 35.2 Å². The van der Waals surface area contributed by atoms with Crippen molar-refractivity contribution in [3.8, 4) is 0 Å². The Morgan fingerprint density at radius 3 is 2.73 bits per heavy atom. The molecule has 2 aromatic heterocycles. The number of carbonyl (C=O) groups is 1. The van der Waals surface area contributed by atoms with Crippen molar-refractivity contribution >= 4 is 28.8 Å². The Labute approximate surface area is 137 Å². The SMILES string of the molecule is O=C(Cc1ccn[nH]1)NC(c1ccc(Cl)cc1)c1cccs1. The normalized spacial score (nSPS) is 12.0. The Morgan fingerprint density at radius 1 is 1.27 bits per heavy atom. The van der Waals surface area contributed by atoms with E-state index in [0.717, 1.165) is 16.1 Å². The van der Waals surface area contributed by atoms with E-state index < -0.39 is 0 Å². The van der Waals surface area contributed by atoms with Gasteiger partial charge in [-0.3, -0.25) is 9.89 Å². The molecule has 4 nitrogen and oxygen atoms in total. The molecule has 3 rings (SSSR count). The Bertz CT molecular complexity index is 723. The molecule has 0 aliphatic rings. The van der Waals surface area contributed by atoms with Crippen LogP contribution in [0.15, 0.2) is 54.0 Å². The molecule has 0 fully saturated rings. The largest absolute Gasteiger partial charge is 0.344 e. The predicted molar refractivity (Wildman–Crippen MR) is 88.0 cm³/mol. The van der Waals surface area contributed by atoms with Gasteiger partial charge in [-0.2, -0.15) is 5.10 Å². The summed E-state index contributed by atoms with van der Waals surface area (Å²) in [6.07, 6.45) is 1.91. The maximum atomic E-state index is 12.3. The summed E-state index contributed by atoms with van der Waals surface area (Å²) in [5.41, 5.74) is 1.79. The molecule has 2 heterocycles. The molecule has 1 atom stereocenters. The van der Waals surface area contributed by atoms with Gasteiger partial charge in [-0.15, -0.1) is 11.3 Å². The van der Waals surface area contributed by atoms with Gasteiger partial charge >= 0.3 is 0 Å². The molecule has 1 unspecified atom stereocenters. The molecule has 0 radical (unpaired) electrons. The fourth-order valence-electron chi connectivity index (χ4n) is 2.20. The monoisotopic (exact) mass is 331 g/mol. The summed E-state index contributed by atoms with van der Waals surface area (Å²) >= 11 is 7.56. The van der Waals surface area contributed by atoms with E-state index in [1.54, 1.807) is 23.6 Å². The Balaban J connectivity index is 1.80. The third kappa shape index (κ3) is 3.55. The molecule has 0 bridgehead atoms. The number of H-pyrrole nitrogens is 1. The molecule has 22 heavy (non-hydrogen) atoms. The maximum absolute atomic E-state index is 12.3. The lowest BCUT2D eigenvalue weighted by Crippen LogP contribution is -2.30. The van der Waals surface area contributed by atoms with Crippen LogP contribution < -0.4 is 5.32 Å². The van der Waals surface area contributed by atoms with E-state index in [2.05, 4.69) is 15.5 Å². The summed E-state index contributed by atoms with van der Waals surface area (Å²) in [4.78, 5) is 13.4. The van der Waals surface area contributed by atoms with Crippen molar-refractivity contribution in [3.05, 3.63) is 75.2 Å². The molecule has 0 saturated carbocycles. The first-order chi connectivity index (χ1) is 10.7. The predicted octanol–water partition coefficient (Wildman–Crippen LogP) is 3.57.